The van der Waals surface area contributed by atoms with E-state index in [4.69, 9.17) is 4.42 Å². The zero-order valence-electron chi connectivity index (χ0n) is 15.7. The summed E-state index contributed by atoms with van der Waals surface area (Å²) in [4.78, 5) is 17.1. The number of rotatable bonds is 4. The molecule has 3 heterocycles. The molecular weight excluding hydrogens is 425 g/mol. The highest BCUT2D eigenvalue weighted by Gasteiger charge is 2.32. The molecule has 1 atom stereocenters. The average Bonchev–Trinajstić information content (AvgIpc) is 3.25. The highest BCUT2D eigenvalue weighted by molar-refractivity contribution is 7.89. The second kappa shape index (κ2) is 7.13. The molecule has 4 rings (SSSR count). The third kappa shape index (κ3) is 3.79. The van der Waals surface area contributed by atoms with E-state index in [-0.39, 0.29) is 17.0 Å². The zero-order chi connectivity index (χ0) is 21.7. The Kier molecular flexibility index (Phi) is 4.85. The van der Waals surface area contributed by atoms with Gasteiger partial charge in [-0.3, -0.25) is 4.57 Å². The maximum Gasteiger partial charge on any atom is 0.419 e. The van der Waals surface area contributed by atoms with Gasteiger partial charge >= 0.3 is 11.9 Å². The third-order valence-corrected chi connectivity index (χ3v) is 6.50. The number of aromatic nitrogens is 2. The van der Waals surface area contributed by atoms with Crippen molar-refractivity contribution in [3.63, 3.8) is 0 Å². The number of nitrogens with one attached hydrogen (secondary N) is 1. The summed E-state index contributed by atoms with van der Waals surface area (Å²) in [5.41, 5.74) is -0.210. The van der Waals surface area contributed by atoms with Crippen LogP contribution >= 0.6 is 0 Å². The number of benzene rings is 1. The van der Waals surface area contributed by atoms with Gasteiger partial charge in [-0.2, -0.15) is 13.2 Å². The lowest BCUT2D eigenvalue weighted by atomic mass is 10.3. The van der Waals surface area contributed by atoms with E-state index in [1.54, 1.807) is 4.90 Å². The lowest BCUT2D eigenvalue weighted by Gasteiger charge is -2.18. The van der Waals surface area contributed by atoms with Crippen LogP contribution < -0.4 is 15.4 Å². The highest BCUT2D eigenvalue weighted by atomic mass is 32.2. The van der Waals surface area contributed by atoms with Crippen LogP contribution in [0.4, 0.5) is 19.0 Å². The number of fused-ring (bicyclic) bond motifs is 1. The van der Waals surface area contributed by atoms with Gasteiger partial charge in [-0.05, 0) is 36.8 Å². The Morgan fingerprint density at radius 1 is 1.23 bits per heavy atom. The molecule has 0 spiro atoms. The first-order valence-corrected chi connectivity index (χ1v) is 10.4. The third-order valence-electron chi connectivity index (χ3n) is 4.98. The van der Waals surface area contributed by atoms with Crippen molar-refractivity contribution in [3.8, 4) is 0 Å². The van der Waals surface area contributed by atoms with Crippen LogP contribution in [0.5, 0.6) is 0 Å². The maximum absolute atomic E-state index is 12.8. The summed E-state index contributed by atoms with van der Waals surface area (Å²) in [5, 5.41) is 0. The van der Waals surface area contributed by atoms with Crippen LogP contribution in [0.15, 0.2) is 50.6 Å². The summed E-state index contributed by atoms with van der Waals surface area (Å²) in [6, 6.07) is 5.89. The van der Waals surface area contributed by atoms with Crippen molar-refractivity contribution in [1.82, 2.24) is 14.3 Å². The number of halogens is 3. The van der Waals surface area contributed by atoms with Gasteiger partial charge in [-0.15, -0.1) is 0 Å². The minimum absolute atomic E-state index is 0.0162. The topological polar surface area (TPSA) is 97.4 Å². The molecule has 160 valence electrons. The van der Waals surface area contributed by atoms with Gasteiger partial charge in [-0.1, -0.05) is 0 Å². The van der Waals surface area contributed by atoms with Crippen LogP contribution in [0.2, 0.25) is 0 Å². The fourth-order valence-electron chi connectivity index (χ4n) is 3.37. The number of hydrogen-bond donors (Lipinski definition) is 1. The van der Waals surface area contributed by atoms with Crippen LogP contribution in [0, 0.1) is 0 Å². The molecule has 0 aliphatic carbocycles. The molecule has 0 saturated carbocycles. The van der Waals surface area contributed by atoms with E-state index in [0.29, 0.717) is 24.3 Å². The minimum atomic E-state index is -4.46. The van der Waals surface area contributed by atoms with Crippen LogP contribution in [0.1, 0.15) is 12.0 Å². The van der Waals surface area contributed by atoms with Gasteiger partial charge in [0.1, 0.15) is 5.82 Å². The van der Waals surface area contributed by atoms with Gasteiger partial charge < -0.3 is 9.32 Å². The largest absolute Gasteiger partial charge is 0.419 e. The zero-order valence-corrected chi connectivity index (χ0v) is 16.5. The van der Waals surface area contributed by atoms with E-state index >= 15 is 0 Å². The number of pyridine rings is 1. The predicted molar refractivity (Wildman–Crippen MR) is 102 cm³/mol. The normalized spacial score (nSPS) is 17.7. The van der Waals surface area contributed by atoms with Gasteiger partial charge in [0.05, 0.1) is 16.0 Å². The highest BCUT2D eigenvalue weighted by Crippen LogP contribution is 2.30. The van der Waals surface area contributed by atoms with E-state index in [2.05, 4.69) is 9.71 Å². The summed E-state index contributed by atoms with van der Waals surface area (Å²) in [6.45, 7) is 0.713. The van der Waals surface area contributed by atoms with E-state index in [9.17, 15) is 26.4 Å². The smallest absolute Gasteiger partial charge is 0.408 e. The Balaban J connectivity index is 1.48. The fourth-order valence-corrected chi connectivity index (χ4v) is 4.65. The van der Waals surface area contributed by atoms with Crippen molar-refractivity contribution in [2.45, 2.75) is 23.5 Å². The van der Waals surface area contributed by atoms with Crippen molar-refractivity contribution >= 4 is 26.9 Å². The first-order chi connectivity index (χ1) is 14.0. The molecule has 1 aliphatic heterocycles. The van der Waals surface area contributed by atoms with Crippen molar-refractivity contribution in [3.05, 3.63) is 52.6 Å². The monoisotopic (exact) mass is 442 g/mol. The van der Waals surface area contributed by atoms with E-state index in [1.807, 2.05) is 0 Å². The molecule has 2 aromatic heterocycles. The maximum atomic E-state index is 12.8. The standard InChI is InChI=1S/C18H17F3N4O4S/c1-24-14-8-13(3-4-15(14)29-17(24)26)30(27,28)23-12-6-7-25(10-12)16-5-2-11(9-22-16)18(19,20)21/h2-5,8-9,12,23H,6-7,10H2,1H3/t12-/m1/s1. The molecule has 1 fully saturated rings. The molecule has 8 nitrogen and oxygen atoms in total. The van der Waals surface area contributed by atoms with Crippen molar-refractivity contribution in [1.29, 1.82) is 0 Å². The lowest BCUT2D eigenvalue weighted by molar-refractivity contribution is -0.137. The van der Waals surface area contributed by atoms with Crippen LogP contribution in [-0.2, 0) is 23.2 Å². The Morgan fingerprint density at radius 2 is 2.00 bits per heavy atom. The van der Waals surface area contributed by atoms with Crippen LogP contribution in [0.25, 0.3) is 11.1 Å². The number of sulfonamides is 1. The summed E-state index contributed by atoms with van der Waals surface area (Å²) in [6.07, 6.45) is -3.24. The summed E-state index contributed by atoms with van der Waals surface area (Å²) >= 11 is 0. The number of aryl methyl sites for hydroxylation is 1. The van der Waals surface area contributed by atoms with Crippen molar-refractivity contribution in [2.75, 3.05) is 18.0 Å². The SMILES string of the molecule is Cn1c(=O)oc2ccc(S(=O)(=O)N[C@@H]3CCN(c4ccc(C(F)(F)F)cn4)C3)cc21. The molecular formula is C18H17F3N4O4S. The molecule has 1 aliphatic rings. The molecule has 0 radical (unpaired) electrons. The predicted octanol–water partition coefficient (Wildman–Crippen LogP) is 2.10. The number of anilines is 1. The Bertz CT molecular complexity index is 1250. The number of nitrogens with zero attached hydrogens (tertiary/aromatic N) is 3. The number of oxazole rings is 1. The second-order valence-corrected chi connectivity index (χ2v) is 8.73. The van der Waals surface area contributed by atoms with Gasteiger partial charge in [0.15, 0.2) is 5.58 Å². The van der Waals surface area contributed by atoms with Gasteiger partial charge in [0.2, 0.25) is 10.0 Å². The van der Waals surface area contributed by atoms with Gasteiger partial charge in [-0.25, -0.2) is 22.9 Å². The molecule has 1 aromatic carbocycles. The number of alkyl halides is 3. The Morgan fingerprint density at radius 3 is 2.67 bits per heavy atom. The van der Waals surface area contributed by atoms with Crippen molar-refractivity contribution in [2.24, 2.45) is 7.05 Å². The molecule has 0 bridgehead atoms. The summed E-state index contributed by atoms with van der Waals surface area (Å²) < 4.78 is 72.4. The minimum Gasteiger partial charge on any atom is -0.408 e. The quantitative estimate of drug-likeness (QED) is 0.665. The van der Waals surface area contributed by atoms with E-state index in [0.717, 1.165) is 12.3 Å². The van der Waals surface area contributed by atoms with Crippen LogP contribution in [0.3, 0.4) is 0 Å². The summed E-state index contributed by atoms with van der Waals surface area (Å²) in [7, 11) is -2.40. The fraction of sp³-hybridized carbons (Fsp3) is 0.333. The first-order valence-electron chi connectivity index (χ1n) is 8.95. The average molecular weight is 442 g/mol. The molecule has 1 N–H and O–H groups in total. The Labute approximate surface area is 169 Å². The van der Waals surface area contributed by atoms with Gasteiger partial charge in [0.25, 0.3) is 0 Å². The van der Waals surface area contributed by atoms with Gasteiger partial charge in [0, 0.05) is 32.4 Å². The van der Waals surface area contributed by atoms with E-state index < -0.39 is 33.6 Å². The molecule has 3 aromatic rings. The Hall–Kier alpha value is -2.86. The van der Waals surface area contributed by atoms with Crippen LogP contribution in [-0.4, -0.2) is 37.1 Å². The molecule has 1 saturated heterocycles. The second-order valence-electron chi connectivity index (χ2n) is 7.01. The molecule has 0 amide bonds. The molecule has 12 heteroatoms. The van der Waals surface area contributed by atoms with Crippen molar-refractivity contribution < 1.29 is 26.0 Å². The first kappa shape index (κ1) is 20.4. The summed E-state index contributed by atoms with van der Waals surface area (Å²) in [5.74, 6) is -0.248. The molecule has 30 heavy (non-hydrogen) atoms. The lowest BCUT2D eigenvalue weighted by Crippen LogP contribution is -2.37. The van der Waals surface area contributed by atoms with E-state index in [1.165, 1.54) is 35.9 Å². The number of hydrogen-bond acceptors (Lipinski definition) is 6. The molecule has 0 unspecified atom stereocenters.